The van der Waals surface area contributed by atoms with Gasteiger partial charge in [0.05, 0.1) is 6.61 Å². The van der Waals surface area contributed by atoms with Crippen molar-refractivity contribution in [1.29, 1.82) is 0 Å². The maximum absolute atomic E-state index is 10.3. The smallest absolute Gasteiger partial charge is 0.450 e. The zero-order valence-corrected chi connectivity index (χ0v) is 14.6. The van der Waals surface area contributed by atoms with Crippen molar-refractivity contribution in [2.24, 2.45) is 0 Å². The summed E-state index contributed by atoms with van der Waals surface area (Å²) in [4.78, 5) is 10.3. The molecule has 0 radical (unpaired) electrons. The highest BCUT2D eigenvalue weighted by molar-refractivity contribution is 6.60. The van der Waals surface area contributed by atoms with Crippen molar-refractivity contribution in [2.45, 2.75) is 58.9 Å². The number of unbranched alkanes of at least 4 members (excludes halogenated alkanes) is 1. The Morgan fingerprint density at radius 1 is 0.857 bits per heavy atom. The van der Waals surface area contributed by atoms with Crippen LogP contribution >= 0.6 is 0 Å². The van der Waals surface area contributed by atoms with E-state index in [1.807, 2.05) is 0 Å². The second kappa shape index (κ2) is 13.1. The lowest BCUT2D eigenvalue weighted by molar-refractivity contribution is 0.0577. The summed E-state index contributed by atoms with van der Waals surface area (Å²) in [5.74, 6) is 0. The Balaban J connectivity index is 4.37. The molecular weight excluding hydrogens is 292 g/mol. The molecule has 0 spiro atoms. The molecule has 0 amide bonds. The van der Waals surface area contributed by atoms with E-state index in [0.29, 0.717) is 32.3 Å². The Morgan fingerprint density at radius 3 is 1.71 bits per heavy atom. The van der Waals surface area contributed by atoms with Crippen LogP contribution in [0.5, 0.6) is 0 Å². The third kappa shape index (κ3) is 10.7. The van der Waals surface area contributed by atoms with Gasteiger partial charge in [-0.1, -0.05) is 20.8 Å². The Bertz CT molecular complexity index is 240. The van der Waals surface area contributed by atoms with Gasteiger partial charge in [-0.3, -0.25) is 0 Å². The van der Waals surface area contributed by atoms with Gasteiger partial charge in [-0.05, 0) is 32.1 Å². The monoisotopic (exact) mass is 322 g/mol. The third-order valence-corrected chi connectivity index (χ3v) is 5.58. The fourth-order valence-corrected chi connectivity index (χ4v) is 4.63. The number of ether oxygens (including phenoxy) is 1. The van der Waals surface area contributed by atoms with Crippen LogP contribution in [0.4, 0.5) is 4.79 Å². The van der Waals surface area contributed by atoms with Crippen LogP contribution in [-0.2, 0) is 18.0 Å². The van der Waals surface area contributed by atoms with Gasteiger partial charge in [-0.2, -0.15) is 0 Å². The molecule has 7 heteroatoms. The Hall–Kier alpha value is -0.633. The van der Waals surface area contributed by atoms with Gasteiger partial charge in [0.2, 0.25) is 0 Å². The van der Waals surface area contributed by atoms with Crippen LogP contribution in [0.3, 0.4) is 0 Å². The quantitative estimate of drug-likeness (QED) is 0.299. The molecule has 0 saturated carbocycles. The first-order valence-corrected chi connectivity index (χ1v) is 9.81. The van der Waals surface area contributed by atoms with E-state index in [4.69, 9.17) is 18.4 Å². The lowest BCUT2D eigenvalue weighted by Gasteiger charge is -2.29. The molecule has 0 aliphatic rings. The van der Waals surface area contributed by atoms with Crippen molar-refractivity contribution in [3.63, 3.8) is 0 Å². The molecule has 0 fully saturated rings. The van der Waals surface area contributed by atoms with Crippen LogP contribution in [0, 0.1) is 0 Å². The second-order valence-electron chi connectivity index (χ2n) is 4.80. The molecule has 6 nitrogen and oxygen atoms in total. The zero-order chi connectivity index (χ0) is 16.0. The van der Waals surface area contributed by atoms with Crippen LogP contribution in [-0.4, -0.2) is 46.5 Å². The standard InChI is InChI=1S/C14H30O6Si/c1-4-9-18-21(19-10-5-2,20-11-6-3)13-8-7-12-17-14(15)16/h4-13H2,1-3H3,(H,15,16). The normalized spacial score (nSPS) is 11.6. The van der Waals surface area contributed by atoms with Crippen molar-refractivity contribution in [1.82, 2.24) is 0 Å². The van der Waals surface area contributed by atoms with Crippen LogP contribution < -0.4 is 0 Å². The summed E-state index contributed by atoms with van der Waals surface area (Å²) in [5, 5.41) is 8.43. The average Bonchev–Trinajstić information content (AvgIpc) is 2.47. The molecule has 0 aromatic heterocycles. The number of hydrogen-bond acceptors (Lipinski definition) is 5. The average molecular weight is 322 g/mol. The van der Waals surface area contributed by atoms with E-state index < -0.39 is 15.0 Å². The van der Waals surface area contributed by atoms with E-state index in [2.05, 4.69) is 25.5 Å². The summed E-state index contributed by atoms with van der Waals surface area (Å²) in [5.41, 5.74) is 0. The molecule has 0 heterocycles. The first kappa shape index (κ1) is 20.4. The van der Waals surface area contributed by atoms with E-state index in [0.717, 1.165) is 25.7 Å². The van der Waals surface area contributed by atoms with E-state index >= 15 is 0 Å². The summed E-state index contributed by atoms with van der Waals surface area (Å²) < 4.78 is 22.4. The second-order valence-corrected chi connectivity index (χ2v) is 7.53. The van der Waals surface area contributed by atoms with Crippen molar-refractivity contribution in [3.05, 3.63) is 0 Å². The largest absolute Gasteiger partial charge is 0.505 e. The van der Waals surface area contributed by atoms with Crippen LogP contribution in [0.25, 0.3) is 0 Å². The predicted octanol–water partition coefficient (Wildman–Crippen LogP) is 3.68. The summed E-state index contributed by atoms with van der Waals surface area (Å²) in [6, 6.07) is 0.704. The highest BCUT2D eigenvalue weighted by Crippen LogP contribution is 2.20. The van der Waals surface area contributed by atoms with Crippen molar-refractivity contribution in [3.8, 4) is 0 Å². The maximum atomic E-state index is 10.3. The van der Waals surface area contributed by atoms with E-state index in [-0.39, 0.29) is 6.61 Å². The maximum Gasteiger partial charge on any atom is 0.505 e. The van der Waals surface area contributed by atoms with Gasteiger partial charge >= 0.3 is 15.0 Å². The summed E-state index contributed by atoms with van der Waals surface area (Å²) >= 11 is 0. The van der Waals surface area contributed by atoms with E-state index in [9.17, 15) is 4.79 Å². The molecule has 0 atom stereocenters. The van der Waals surface area contributed by atoms with Gasteiger partial charge in [0, 0.05) is 25.9 Å². The highest BCUT2D eigenvalue weighted by Gasteiger charge is 2.40. The van der Waals surface area contributed by atoms with E-state index in [1.165, 1.54) is 0 Å². The number of carboxylic acid groups (broad SMARTS) is 1. The third-order valence-electron chi connectivity index (χ3n) is 2.68. The summed E-state index contributed by atoms with van der Waals surface area (Å²) in [7, 11) is -2.64. The molecule has 0 unspecified atom stereocenters. The Kier molecular flexibility index (Phi) is 12.7. The highest BCUT2D eigenvalue weighted by atomic mass is 28.4. The molecule has 0 saturated heterocycles. The van der Waals surface area contributed by atoms with Crippen LogP contribution in [0.1, 0.15) is 52.9 Å². The minimum absolute atomic E-state index is 0.204. The van der Waals surface area contributed by atoms with Gasteiger partial charge in [-0.25, -0.2) is 4.79 Å². The minimum atomic E-state index is -2.64. The first-order chi connectivity index (χ1) is 10.1. The number of rotatable bonds is 14. The van der Waals surface area contributed by atoms with Gasteiger partial charge in [-0.15, -0.1) is 0 Å². The van der Waals surface area contributed by atoms with Gasteiger partial charge < -0.3 is 23.1 Å². The fraction of sp³-hybridized carbons (Fsp3) is 0.929. The molecule has 0 rings (SSSR count). The molecule has 0 aromatic carbocycles. The molecular formula is C14H30O6Si. The molecule has 0 aliphatic carbocycles. The van der Waals surface area contributed by atoms with Gasteiger partial charge in [0.1, 0.15) is 0 Å². The number of hydrogen-bond donors (Lipinski definition) is 1. The van der Waals surface area contributed by atoms with E-state index in [1.54, 1.807) is 0 Å². The molecule has 21 heavy (non-hydrogen) atoms. The van der Waals surface area contributed by atoms with Gasteiger partial charge in [0.25, 0.3) is 0 Å². The molecule has 0 bridgehead atoms. The van der Waals surface area contributed by atoms with Crippen molar-refractivity contribution < 1.29 is 27.9 Å². The van der Waals surface area contributed by atoms with Crippen molar-refractivity contribution in [2.75, 3.05) is 26.4 Å². The van der Waals surface area contributed by atoms with Crippen LogP contribution in [0.2, 0.25) is 6.04 Å². The Labute approximate surface area is 129 Å². The van der Waals surface area contributed by atoms with Crippen molar-refractivity contribution >= 4 is 15.0 Å². The lowest BCUT2D eigenvalue weighted by atomic mass is 10.4. The number of carbonyl (C=O) groups is 1. The Morgan fingerprint density at radius 2 is 1.33 bits per heavy atom. The summed E-state index contributed by atoms with van der Waals surface area (Å²) in [6.45, 7) is 8.26. The topological polar surface area (TPSA) is 74.2 Å². The first-order valence-electron chi connectivity index (χ1n) is 7.87. The zero-order valence-electron chi connectivity index (χ0n) is 13.6. The minimum Gasteiger partial charge on any atom is -0.450 e. The SMILES string of the molecule is CCCO[Si](CCCCOC(=O)O)(OCCC)OCCC. The predicted molar refractivity (Wildman–Crippen MR) is 82.5 cm³/mol. The molecule has 0 aliphatic heterocycles. The van der Waals surface area contributed by atoms with Crippen LogP contribution in [0.15, 0.2) is 0 Å². The molecule has 126 valence electrons. The fourth-order valence-electron chi connectivity index (χ4n) is 1.72. The molecule has 1 N–H and O–H groups in total. The lowest BCUT2D eigenvalue weighted by Crippen LogP contribution is -2.46. The van der Waals surface area contributed by atoms with Gasteiger partial charge in [0.15, 0.2) is 0 Å². The summed E-state index contributed by atoms with van der Waals surface area (Å²) in [6.07, 6.45) is 2.95. The molecule has 0 aromatic rings.